The molecule has 162 valence electrons. The van der Waals surface area contributed by atoms with Gasteiger partial charge in [0.1, 0.15) is 5.82 Å². The third kappa shape index (κ3) is 5.08. The predicted molar refractivity (Wildman–Crippen MR) is 115 cm³/mol. The summed E-state index contributed by atoms with van der Waals surface area (Å²) in [4.78, 5) is 22.9. The van der Waals surface area contributed by atoms with Gasteiger partial charge in [0.2, 0.25) is 15.9 Å². The third-order valence-electron chi connectivity index (χ3n) is 4.29. The van der Waals surface area contributed by atoms with Gasteiger partial charge >= 0.3 is 0 Å². The number of carbonyl (C=O) groups is 1. The van der Waals surface area contributed by atoms with Crippen molar-refractivity contribution in [1.29, 1.82) is 0 Å². The van der Waals surface area contributed by atoms with Crippen LogP contribution in [0, 0.1) is 17.0 Å². The van der Waals surface area contributed by atoms with Crippen LogP contribution in [0.3, 0.4) is 0 Å². The standard InChI is InChI=1S/C19H18ClN5O5S/c1-13-11-18(24(22-13)15-5-7-16(8-6-15)25(27)28)21-19(26)12-23(2)31(29,30)17-9-3-14(20)4-10-17/h3-11H,12H2,1-2H3,(H,21,26). The first-order valence-electron chi connectivity index (χ1n) is 8.91. The minimum atomic E-state index is -3.89. The van der Waals surface area contributed by atoms with Crippen LogP contribution >= 0.6 is 11.6 Å². The van der Waals surface area contributed by atoms with Gasteiger partial charge in [-0.15, -0.1) is 0 Å². The lowest BCUT2D eigenvalue weighted by molar-refractivity contribution is -0.384. The van der Waals surface area contributed by atoms with Crippen LogP contribution in [0.15, 0.2) is 59.5 Å². The monoisotopic (exact) mass is 463 g/mol. The quantitative estimate of drug-likeness (QED) is 0.423. The van der Waals surface area contributed by atoms with Crippen molar-refractivity contribution in [2.45, 2.75) is 11.8 Å². The molecule has 1 heterocycles. The van der Waals surface area contributed by atoms with Gasteiger partial charge in [-0.05, 0) is 43.3 Å². The van der Waals surface area contributed by atoms with Gasteiger partial charge in [-0.2, -0.15) is 9.40 Å². The van der Waals surface area contributed by atoms with E-state index in [0.717, 1.165) is 4.31 Å². The molecule has 1 amide bonds. The lowest BCUT2D eigenvalue weighted by Gasteiger charge is -2.17. The van der Waals surface area contributed by atoms with Gasteiger partial charge in [-0.1, -0.05) is 11.6 Å². The van der Waals surface area contributed by atoms with E-state index in [1.165, 1.54) is 60.3 Å². The lowest BCUT2D eigenvalue weighted by Crippen LogP contribution is -2.35. The summed E-state index contributed by atoms with van der Waals surface area (Å²) in [7, 11) is -2.59. The number of nitro benzene ring substituents is 1. The number of carbonyl (C=O) groups excluding carboxylic acids is 1. The summed E-state index contributed by atoms with van der Waals surface area (Å²) in [5.74, 6) is -0.281. The first-order valence-corrected chi connectivity index (χ1v) is 10.7. The van der Waals surface area contributed by atoms with Gasteiger partial charge in [-0.25, -0.2) is 13.1 Å². The van der Waals surface area contributed by atoms with Crippen molar-refractivity contribution < 1.29 is 18.1 Å². The second-order valence-electron chi connectivity index (χ2n) is 6.62. The molecule has 0 radical (unpaired) electrons. The van der Waals surface area contributed by atoms with Crippen molar-refractivity contribution in [3.05, 3.63) is 75.4 Å². The molecule has 2 aromatic carbocycles. The summed E-state index contributed by atoms with van der Waals surface area (Å²) in [6.07, 6.45) is 0. The maximum absolute atomic E-state index is 12.6. The molecule has 0 aliphatic rings. The number of anilines is 1. The van der Waals surface area contributed by atoms with Gasteiger partial charge in [0, 0.05) is 30.3 Å². The minimum absolute atomic E-state index is 0.0129. The van der Waals surface area contributed by atoms with Crippen LogP contribution in [0.5, 0.6) is 0 Å². The maximum atomic E-state index is 12.6. The molecule has 10 nitrogen and oxygen atoms in total. The second-order valence-corrected chi connectivity index (χ2v) is 9.10. The minimum Gasteiger partial charge on any atom is -0.309 e. The number of halogens is 1. The number of nitrogens with zero attached hydrogens (tertiary/aromatic N) is 4. The van der Waals surface area contributed by atoms with Crippen LogP contribution in [0.2, 0.25) is 5.02 Å². The zero-order valence-corrected chi connectivity index (χ0v) is 18.1. The van der Waals surface area contributed by atoms with Crippen LogP contribution in [-0.4, -0.2) is 46.9 Å². The van der Waals surface area contributed by atoms with Gasteiger partial charge < -0.3 is 5.32 Å². The Morgan fingerprint density at radius 1 is 1.19 bits per heavy atom. The van der Waals surface area contributed by atoms with E-state index in [1.54, 1.807) is 13.0 Å². The number of likely N-dealkylation sites (N-methyl/N-ethyl adjacent to an activating group) is 1. The number of benzene rings is 2. The molecule has 1 N–H and O–H groups in total. The molecular weight excluding hydrogens is 446 g/mol. The molecule has 0 unspecified atom stereocenters. The topological polar surface area (TPSA) is 127 Å². The molecule has 0 fully saturated rings. The highest BCUT2D eigenvalue weighted by Crippen LogP contribution is 2.21. The number of aryl methyl sites for hydroxylation is 1. The van der Waals surface area contributed by atoms with E-state index >= 15 is 0 Å². The van der Waals surface area contributed by atoms with Crippen molar-refractivity contribution in [1.82, 2.24) is 14.1 Å². The molecule has 31 heavy (non-hydrogen) atoms. The Labute approximate surface area is 183 Å². The van der Waals surface area contributed by atoms with Crippen LogP contribution in [0.1, 0.15) is 5.69 Å². The van der Waals surface area contributed by atoms with E-state index in [9.17, 15) is 23.3 Å². The first-order chi connectivity index (χ1) is 14.6. The Bertz CT molecular complexity index is 1220. The van der Waals surface area contributed by atoms with E-state index in [0.29, 0.717) is 22.2 Å². The molecule has 1 aromatic heterocycles. The van der Waals surface area contributed by atoms with E-state index in [1.807, 2.05) is 0 Å². The number of amides is 1. The van der Waals surface area contributed by atoms with Crippen LogP contribution in [-0.2, 0) is 14.8 Å². The highest BCUT2D eigenvalue weighted by Gasteiger charge is 2.23. The van der Waals surface area contributed by atoms with Gasteiger partial charge in [0.15, 0.2) is 0 Å². The molecule has 0 aliphatic carbocycles. The summed E-state index contributed by atoms with van der Waals surface area (Å²) in [5, 5.41) is 18.1. The summed E-state index contributed by atoms with van der Waals surface area (Å²) < 4.78 is 27.6. The summed E-state index contributed by atoms with van der Waals surface area (Å²) in [6.45, 7) is 1.28. The first kappa shape index (κ1) is 22.4. The Hall–Kier alpha value is -3.28. The van der Waals surface area contributed by atoms with E-state index in [2.05, 4.69) is 10.4 Å². The van der Waals surface area contributed by atoms with Crippen molar-refractivity contribution in [3.63, 3.8) is 0 Å². The number of non-ortho nitro benzene ring substituents is 1. The van der Waals surface area contributed by atoms with Crippen molar-refractivity contribution in [3.8, 4) is 5.69 Å². The van der Waals surface area contributed by atoms with E-state index in [-0.39, 0.29) is 10.6 Å². The Kier molecular flexibility index (Phi) is 6.39. The molecular formula is C19H18ClN5O5S. The number of hydrogen-bond acceptors (Lipinski definition) is 6. The van der Waals surface area contributed by atoms with E-state index < -0.39 is 27.4 Å². The number of hydrogen-bond donors (Lipinski definition) is 1. The SMILES string of the molecule is Cc1cc(NC(=O)CN(C)S(=O)(=O)c2ccc(Cl)cc2)n(-c2ccc([N+](=O)[O-])cc2)n1. The maximum Gasteiger partial charge on any atom is 0.269 e. The molecule has 0 atom stereocenters. The van der Waals surface area contributed by atoms with Gasteiger partial charge in [-0.3, -0.25) is 14.9 Å². The summed E-state index contributed by atoms with van der Waals surface area (Å²) in [6, 6.07) is 12.9. The largest absolute Gasteiger partial charge is 0.309 e. The molecule has 3 aromatic rings. The number of rotatable bonds is 7. The van der Waals surface area contributed by atoms with Crippen LogP contribution < -0.4 is 5.32 Å². The van der Waals surface area contributed by atoms with Gasteiger partial charge in [0.05, 0.1) is 27.7 Å². The Morgan fingerprint density at radius 3 is 2.39 bits per heavy atom. The normalized spacial score (nSPS) is 11.5. The fraction of sp³-hybridized carbons (Fsp3) is 0.158. The molecule has 0 bridgehead atoms. The Balaban J connectivity index is 1.76. The molecule has 12 heteroatoms. The molecule has 0 saturated carbocycles. The number of nitro groups is 1. The summed E-state index contributed by atoms with van der Waals surface area (Å²) in [5.41, 5.74) is 1.01. The van der Waals surface area contributed by atoms with Crippen LogP contribution in [0.25, 0.3) is 5.69 Å². The molecule has 0 aliphatic heterocycles. The molecule has 3 rings (SSSR count). The Morgan fingerprint density at radius 2 is 1.81 bits per heavy atom. The smallest absolute Gasteiger partial charge is 0.269 e. The average Bonchev–Trinajstić information content (AvgIpc) is 3.08. The zero-order chi connectivity index (χ0) is 22.8. The lowest BCUT2D eigenvalue weighted by atomic mass is 10.3. The number of aromatic nitrogens is 2. The number of sulfonamides is 1. The van der Waals surface area contributed by atoms with Crippen LogP contribution in [0.4, 0.5) is 11.5 Å². The predicted octanol–water partition coefficient (Wildman–Crippen LogP) is 3.00. The third-order valence-corrected chi connectivity index (χ3v) is 6.36. The second kappa shape index (κ2) is 8.84. The number of nitrogens with one attached hydrogen (secondary N) is 1. The molecule has 0 spiro atoms. The van der Waals surface area contributed by atoms with Crippen molar-refractivity contribution in [2.24, 2.45) is 0 Å². The highest BCUT2D eigenvalue weighted by molar-refractivity contribution is 7.89. The fourth-order valence-electron chi connectivity index (χ4n) is 2.76. The fourth-order valence-corrected chi connectivity index (χ4v) is 4.01. The van der Waals surface area contributed by atoms with Crippen molar-refractivity contribution >= 4 is 39.0 Å². The molecule has 0 saturated heterocycles. The zero-order valence-electron chi connectivity index (χ0n) is 16.5. The van der Waals surface area contributed by atoms with Crippen molar-refractivity contribution in [2.75, 3.05) is 18.9 Å². The van der Waals surface area contributed by atoms with E-state index in [4.69, 9.17) is 11.6 Å². The average molecular weight is 464 g/mol. The van der Waals surface area contributed by atoms with Gasteiger partial charge in [0.25, 0.3) is 5.69 Å². The highest BCUT2D eigenvalue weighted by atomic mass is 35.5. The summed E-state index contributed by atoms with van der Waals surface area (Å²) >= 11 is 5.79.